The molecule has 30 heavy (non-hydrogen) atoms. The van der Waals surface area contributed by atoms with Crippen molar-refractivity contribution >= 4 is 23.2 Å². The largest absolute Gasteiger partial charge is 0.334 e. The van der Waals surface area contributed by atoms with E-state index in [1.807, 2.05) is 61.1 Å². The fourth-order valence-corrected chi connectivity index (χ4v) is 3.96. The molecule has 4 rings (SSSR count). The Bertz CT molecular complexity index is 1080. The lowest BCUT2D eigenvalue weighted by molar-refractivity contribution is -0.119. The van der Waals surface area contributed by atoms with Crippen LogP contribution in [0.25, 0.3) is 11.4 Å². The molecule has 3 aromatic rings. The van der Waals surface area contributed by atoms with Crippen molar-refractivity contribution in [1.82, 2.24) is 9.55 Å². The van der Waals surface area contributed by atoms with E-state index >= 15 is 0 Å². The average Bonchev–Trinajstić information content (AvgIpc) is 3.42. The second kappa shape index (κ2) is 8.53. The van der Waals surface area contributed by atoms with Crippen molar-refractivity contribution in [3.8, 4) is 11.4 Å². The summed E-state index contributed by atoms with van der Waals surface area (Å²) in [7, 11) is 1.90. The zero-order valence-corrected chi connectivity index (χ0v) is 17.3. The Morgan fingerprint density at radius 3 is 2.57 bits per heavy atom. The van der Waals surface area contributed by atoms with Gasteiger partial charge in [0.05, 0.1) is 5.56 Å². The molecule has 1 fully saturated rings. The number of carbonyl (C=O) groups is 2. The molecule has 1 aliphatic rings. The van der Waals surface area contributed by atoms with Gasteiger partial charge in [0.1, 0.15) is 5.82 Å². The Morgan fingerprint density at radius 2 is 1.83 bits per heavy atom. The monoisotopic (exact) mass is 402 g/mol. The lowest BCUT2D eigenvalue weighted by Crippen LogP contribution is -2.20. The summed E-state index contributed by atoms with van der Waals surface area (Å²) in [6.07, 6.45) is 7.69. The topological polar surface area (TPSA) is 76.0 Å². The molecule has 0 unspecified atom stereocenters. The van der Waals surface area contributed by atoms with Gasteiger partial charge in [-0.25, -0.2) is 4.98 Å². The number of hydrogen-bond acceptors (Lipinski definition) is 3. The third-order valence-corrected chi connectivity index (χ3v) is 5.71. The minimum atomic E-state index is -0.212. The molecule has 2 aromatic carbocycles. The predicted octanol–water partition coefficient (Wildman–Crippen LogP) is 4.78. The number of amides is 2. The molecule has 2 amide bonds. The Kier molecular flexibility index (Phi) is 5.65. The molecule has 1 aromatic heterocycles. The summed E-state index contributed by atoms with van der Waals surface area (Å²) >= 11 is 0. The van der Waals surface area contributed by atoms with Crippen molar-refractivity contribution in [1.29, 1.82) is 0 Å². The number of imidazole rings is 1. The quantitative estimate of drug-likeness (QED) is 0.645. The van der Waals surface area contributed by atoms with Gasteiger partial charge in [-0.05, 0) is 43.5 Å². The summed E-state index contributed by atoms with van der Waals surface area (Å²) in [5, 5.41) is 6.01. The highest BCUT2D eigenvalue weighted by Crippen LogP contribution is 2.28. The third kappa shape index (κ3) is 4.13. The molecule has 154 valence electrons. The van der Waals surface area contributed by atoms with Gasteiger partial charge in [0.25, 0.3) is 5.91 Å². The zero-order chi connectivity index (χ0) is 21.1. The first-order chi connectivity index (χ1) is 14.5. The highest BCUT2D eigenvalue weighted by Gasteiger charge is 2.23. The van der Waals surface area contributed by atoms with Gasteiger partial charge in [-0.15, -0.1) is 0 Å². The van der Waals surface area contributed by atoms with Crippen LogP contribution in [0.2, 0.25) is 0 Å². The maximum absolute atomic E-state index is 13.1. The molecular formula is C24H26N4O2. The molecule has 0 radical (unpaired) electrons. The van der Waals surface area contributed by atoms with Gasteiger partial charge >= 0.3 is 0 Å². The number of hydrogen-bond donors (Lipinski definition) is 2. The molecule has 0 spiro atoms. The van der Waals surface area contributed by atoms with E-state index in [0.717, 1.165) is 42.6 Å². The van der Waals surface area contributed by atoms with E-state index < -0.39 is 0 Å². The molecule has 1 aliphatic carbocycles. The van der Waals surface area contributed by atoms with Crippen molar-refractivity contribution < 1.29 is 9.59 Å². The molecule has 0 saturated heterocycles. The average molecular weight is 402 g/mol. The number of rotatable bonds is 5. The summed E-state index contributed by atoms with van der Waals surface area (Å²) in [5.41, 5.74) is 3.62. The normalized spacial score (nSPS) is 13.9. The minimum Gasteiger partial charge on any atom is -0.334 e. The Hall–Kier alpha value is -3.41. The SMILES string of the molecule is Cc1ccc(NC(=O)C2CCCC2)cc1NC(=O)c1ccccc1-c1nccn1C. The van der Waals surface area contributed by atoms with E-state index in [2.05, 4.69) is 15.6 Å². The molecule has 2 N–H and O–H groups in total. The number of benzene rings is 2. The van der Waals surface area contributed by atoms with E-state index in [9.17, 15) is 9.59 Å². The van der Waals surface area contributed by atoms with Gasteiger partial charge < -0.3 is 15.2 Å². The highest BCUT2D eigenvalue weighted by molar-refractivity contribution is 6.09. The fraction of sp³-hybridized carbons (Fsp3) is 0.292. The number of aromatic nitrogens is 2. The van der Waals surface area contributed by atoms with Gasteiger partial charge in [-0.1, -0.05) is 37.1 Å². The van der Waals surface area contributed by atoms with E-state index in [1.54, 1.807) is 12.3 Å². The van der Waals surface area contributed by atoms with Crippen LogP contribution in [0, 0.1) is 12.8 Å². The summed E-state index contributed by atoms with van der Waals surface area (Å²) in [4.78, 5) is 29.9. The van der Waals surface area contributed by atoms with Gasteiger partial charge in [0.15, 0.2) is 0 Å². The number of aryl methyl sites for hydroxylation is 2. The van der Waals surface area contributed by atoms with Crippen LogP contribution < -0.4 is 10.6 Å². The summed E-state index contributed by atoms with van der Waals surface area (Å²) in [5.74, 6) is 0.675. The summed E-state index contributed by atoms with van der Waals surface area (Å²) in [6, 6.07) is 13.0. The van der Waals surface area contributed by atoms with Crippen LogP contribution >= 0.6 is 0 Å². The van der Waals surface area contributed by atoms with Crippen LogP contribution in [-0.2, 0) is 11.8 Å². The number of anilines is 2. The van der Waals surface area contributed by atoms with Gasteiger partial charge in [0, 0.05) is 42.3 Å². The lowest BCUT2D eigenvalue weighted by atomic mass is 10.1. The van der Waals surface area contributed by atoms with Crippen molar-refractivity contribution in [3.05, 3.63) is 66.0 Å². The van der Waals surface area contributed by atoms with Crippen LogP contribution in [0.15, 0.2) is 54.9 Å². The van der Waals surface area contributed by atoms with Crippen LogP contribution in [0.5, 0.6) is 0 Å². The third-order valence-electron chi connectivity index (χ3n) is 5.71. The molecular weight excluding hydrogens is 376 g/mol. The number of nitrogens with zero attached hydrogens (tertiary/aromatic N) is 2. The molecule has 6 heteroatoms. The van der Waals surface area contributed by atoms with Gasteiger partial charge in [-0.2, -0.15) is 0 Å². The fourth-order valence-electron chi connectivity index (χ4n) is 3.96. The summed E-state index contributed by atoms with van der Waals surface area (Å²) in [6.45, 7) is 1.93. The van der Waals surface area contributed by atoms with Crippen LogP contribution in [0.4, 0.5) is 11.4 Å². The number of carbonyl (C=O) groups excluding carboxylic acids is 2. The first kappa shape index (κ1) is 19.9. The Morgan fingerprint density at radius 1 is 1.07 bits per heavy atom. The van der Waals surface area contributed by atoms with Crippen molar-refractivity contribution in [2.24, 2.45) is 13.0 Å². The zero-order valence-electron chi connectivity index (χ0n) is 17.3. The minimum absolute atomic E-state index is 0.0637. The second-order valence-corrected chi connectivity index (χ2v) is 7.86. The molecule has 0 aliphatic heterocycles. The number of nitrogens with one attached hydrogen (secondary N) is 2. The predicted molar refractivity (Wildman–Crippen MR) is 118 cm³/mol. The molecule has 6 nitrogen and oxygen atoms in total. The van der Waals surface area contributed by atoms with E-state index in [1.165, 1.54) is 0 Å². The summed E-state index contributed by atoms with van der Waals surface area (Å²) < 4.78 is 1.89. The van der Waals surface area contributed by atoms with Crippen molar-refractivity contribution in [2.75, 3.05) is 10.6 Å². The van der Waals surface area contributed by atoms with Crippen molar-refractivity contribution in [2.45, 2.75) is 32.6 Å². The first-order valence-corrected chi connectivity index (χ1v) is 10.3. The van der Waals surface area contributed by atoms with Crippen LogP contribution in [0.3, 0.4) is 0 Å². The maximum Gasteiger partial charge on any atom is 0.256 e. The molecule has 0 atom stereocenters. The van der Waals surface area contributed by atoms with E-state index in [4.69, 9.17) is 0 Å². The standard InChI is InChI=1S/C24H26N4O2/c1-16-11-12-18(26-23(29)17-7-3-4-8-17)15-21(16)27-24(30)20-10-6-5-9-19(20)22-25-13-14-28(22)2/h5-6,9-15,17H,3-4,7-8H2,1-2H3,(H,26,29)(H,27,30). The van der Waals surface area contributed by atoms with Crippen LogP contribution in [0.1, 0.15) is 41.6 Å². The van der Waals surface area contributed by atoms with Crippen molar-refractivity contribution in [3.63, 3.8) is 0 Å². The first-order valence-electron chi connectivity index (χ1n) is 10.3. The van der Waals surface area contributed by atoms with E-state index in [-0.39, 0.29) is 17.7 Å². The van der Waals surface area contributed by atoms with Crippen LogP contribution in [-0.4, -0.2) is 21.4 Å². The second-order valence-electron chi connectivity index (χ2n) is 7.86. The lowest BCUT2D eigenvalue weighted by Gasteiger charge is -2.15. The Balaban J connectivity index is 1.55. The molecule has 0 bridgehead atoms. The highest BCUT2D eigenvalue weighted by atomic mass is 16.2. The van der Waals surface area contributed by atoms with Gasteiger partial charge in [-0.3, -0.25) is 9.59 Å². The maximum atomic E-state index is 13.1. The molecule has 1 heterocycles. The van der Waals surface area contributed by atoms with E-state index in [0.29, 0.717) is 16.9 Å². The smallest absolute Gasteiger partial charge is 0.256 e. The molecule has 1 saturated carbocycles. The Labute approximate surface area is 176 Å². The van der Waals surface area contributed by atoms with Gasteiger partial charge in [0.2, 0.25) is 5.91 Å².